The Bertz CT molecular complexity index is 2040. The quantitative estimate of drug-likeness (QED) is 0.0234. The van der Waals surface area contributed by atoms with E-state index in [0.717, 1.165) is 5.56 Å². The number of carbonyl (C=O) groups excluding carboxylic acids is 8. The van der Waals surface area contributed by atoms with Crippen LogP contribution in [0.3, 0.4) is 0 Å². The van der Waals surface area contributed by atoms with Gasteiger partial charge in [0.1, 0.15) is 48.1 Å². The lowest BCUT2D eigenvalue weighted by molar-refractivity contribution is -0.141. The van der Waals surface area contributed by atoms with Crippen LogP contribution in [0.2, 0.25) is 0 Å². The Morgan fingerprint density at radius 2 is 0.986 bits per heavy atom. The Hall–Kier alpha value is -6.85. The fraction of sp³-hybridized carbons (Fsp3) is 0.653. The predicted octanol–water partition coefficient (Wildman–Crippen LogP) is -0.548. The minimum absolute atomic E-state index is 0.0245. The van der Waals surface area contributed by atoms with Gasteiger partial charge in [0.2, 0.25) is 47.3 Å². The molecular formula is C49H84N14O10. The SMILES string of the molecule is CC(=O)N[C@@H](CC(C)C)C(=O)N[C@@H](CC(=O)O)C(=O)N[C@@H](CC(C)C)C(=O)N[C@@H](CC(C)C)C(=O)N[C@@H](CCCN=C(N)N)C(=O)N[C@H](C(=O)N[C@@H](CCCCN)C(=O)NCc1ccc(C(=N)N)cc1)C(C)C. The van der Waals surface area contributed by atoms with Crippen molar-refractivity contribution in [2.45, 2.75) is 169 Å². The summed E-state index contributed by atoms with van der Waals surface area (Å²) in [6.07, 6.45) is 0.929. The van der Waals surface area contributed by atoms with Crippen LogP contribution in [0, 0.1) is 29.1 Å². The Morgan fingerprint density at radius 1 is 0.562 bits per heavy atom. The number of aliphatic carboxylic acids is 1. The van der Waals surface area contributed by atoms with Crippen molar-refractivity contribution in [3.8, 4) is 0 Å². The first-order valence-electron chi connectivity index (χ1n) is 24.9. The highest BCUT2D eigenvalue weighted by molar-refractivity contribution is 5.98. The van der Waals surface area contributed by atoms with Crippen molar-refractivity contribution in [1.29, 1.82) is 5.41 Å². The van der Waals surface area contributed by atoms with Gasteiger partial charge in [-0.3, -0.25) is 53.6 Å². The van der Waals surface area contributed by atoms with Gasteiger partial charge in [-0.15, -0.1) is 0 Å². The molecule has 73 heavy (non-hydrogen) atoms. The summed E-state index contributed by atoms with van der Waals surface area (Å²) >= 11 is 0. The van der Waals surface area contributed by atoms with Gasteiger partial charge in [0.25, 0.3) is 0 Å². The van der Waals surface area contributed by atoms with E-state index in [1.165, 1.54) is 6.92 Å². The summed E-state index contributed by atoms with van der Waals surface area (Å²) in [4.78, 5) is 125. The van der Waals surface area contributed by atoms with Crippen LogP contribution in [0.15, 0.2) is 29.3 Å². The van der Waals surface area contributed by atoms with E-state index in [0.29, 0.717) is 24.9 Å². The van der Waals surface area contributed by atoms with Gasteiger partial charge >= 0.3 is 5.97 Å². The number of carboxylic acid groups (broad SMARTS) is 1. The number of nitrogens with two attached hydrogens (primary N) is 4. The van der Waals surface area contributed by atoms with Gasteiger partial charge in [0.05, 0.1) is 6.42 Å². The molecule has 1 aromatic rings. The molecule has 410 valence electrons. The summed E-state index contributed by atoms with van der Waals surface area (Å²) in [6.45, 7) is 15.9. The van der Waals surface area contributed by atoms with E-state index in [2.05, 4.69) is 47.5 Å². The zero-order valence-corrected chi connectivity index (χ0v) is 44.0. The summed E-state index contributed by atoms with van der Waals surface area (Å²) < 4.78 is 0. The van der Waals surface area contributed by atoms with Crippen LogP contribution in [0.4, 0.5) is 0 Å². The zero-order valence-electron chi connectivity index (χ0n) is 44.0. The standard InChI is InChI=1S/C49H84N14O10/c1-26(2)21-35(57-30(9)64)44(69)62-38(24-39(65)66)47(72)61-37(23-28(5)6)46(71)60-36(22-27(3)4)45(70)58-34(14-12-20-55-49(53)54)43(68)63-40(29(7)8)48(73)59-33(13-10-11-19-50)42(67)56-25-31-15-17-32(18-16-31)41(51)52/h15-18,26-29,33-38,40H,10-14,19-25,50H2,1-9H3,(H3,51,52)(H,56,67)(H,57,64)(H,58,70)(H,59,73)(H,60,71)(H,61,72)(H,62,69)(H,63,68)(H,65,66)(H4,53,54,55)/t33-,34-,35-,36-,37-,38-,40-/m0/s1. The average Bonchev–Trinajstić information content (AvgIpc) is 3.28. The summed E-state index contributed by atoms with van der Waals surface area (Å²) in [5.74, 6) is -8.49. The van der Waals surface area contributed by atoms with E-state index in [1.807, 2.05) is 13.8 Å². The lowest BCUT2D eigenvalue weighted by atomic mass is 9.98. The van der Waals surface area contributed by atoms with Gasteiger partial charge in [-0.05, 0) is 87.1 Å². The van der Waals surface area contributed by atoms with Crippen molar-refractivity contribution in [3.05, 3.63) is 35.4 Å². The largest absolute Gasteiger partial charge is 0.481 e. The second kappa shape index (κ2) is 33.0. The van der Waals surface area contributed by atoms with Crippen LogP contribution >= 0.6 is 0 Å². The second-order valence-corrected chi connectivity index (χ2v) is 19.8. The van der Waals surface area contributed by atoms with Crippen molar-refractivity contribution in [2.75, 3.05) is 13.1 Å². The van der Waals surface area contributed by atoms with E-state index in [-0.39, 0.29) is 81.2 Å². The highest BCUT2D eigenvalue weighted by atomic mass is 16.4. The third kappa shape index (κ3) is 25.9. The molecular weight excluding hydrogens is 945 g/mol. The monoisotopic (exact) mass is 1030 g/mol. The Kier molecular flexibility index (Phi) is 29.0. The third-order valence-electron chi connectivity index (χ3n) is 11.2. The average molecular weight is 1030 g/mol. The fourth-order valence-electron chi connectivity index (χ4n) is 7.53. The molecule has 24 nitrogen and oxygen atoms in total. The molecule has 1 rings (SSSR count). The van der Waals surface area contributed by atoms with Crippen LogP contribution in [0.25, 0.3) is 0 Å². The van der Waals surface area contributed by atoms with Gasteiger partial charge in [-0.1, -0.05) is 79.7 Å². The minimum atomic E-state index is -1.65. The molecule has 0 unspecified atom stereocenters. The molecule has 0 aliphatic rings. The number of aliphatic imine (C=N–C) groups is 1. The van der Waals surface area contributed by atoms with E-state index in [1.54, 1.807) is 65.8 Å². The fourth-order valence-corrected chi connectivity index (χ4v) is 7.53. The van der Waals surface area contributed by atoms with Gasteiger partial charge in [0, 0.05) is 25.6 Å². The van der Waals surface area contributed by atoms with E-state index >= 15 is 0 Å². The number of rotatable bonds is 34. The molecule has 18 N–H and O–H groups in total. The molecule has 0 spiro atoms. The summed E-state index contributed by atoms with van der Waals surface area (Å²) in [7, 11) is 0. The normalized spacial score (nSPS) is 14.1. The van der Waals surface area contributed by atoms with Crippen LogP contribution in [0.1, 0.15) is 131 Å². The molecule has 7 atom stereocenters. The lowest BCUT2D eigenvalue weighted by Gasteiger charge is -2.29. The number of benzene rings is 1. The summed E-state index contributed by atoms with van der Waals surface area (Å²) in [5, 5.41) is 38.5. The van der Waals surface area contributed by atoms with Gasteiger partial charge in [-0.25, -0.2) is 0 Å². The van der Waals surface area contributed by atoms with E-state index < -0.39 is 108 Å². The second-order valence-electron chi connectivity index (χ2n) is 19.8. The van der Waals surface area contributed by atoms with Crippen molar-refractivity contribution < 1.29 is 48.3 Å². The van der Waals surface area contributed by atoms with Crippen molar-refractivity contribution in [3.63, 3.8) is 0 Å². The molecule has 0 aliphatic carbocycles. The number of carboxylic acids is 1. The zero-order chi connectivity index (χ0) is 55.5. The Morgan fingerprint density at radius 3 is 1.42 bits per heavy atom. The van der Waals surface area contributed by atoms with E-state index in [9.17, 15) is 48.3 Å². The predicted molar refractivity (Wildman–Crippen MR) is 277 cm³/mol. The summed E-state index contributed by atoms with van der Waals surface area (Å²) in [6, 6.07) is -2.09. The molecule has 8 amide bonds. The number of nitrogens with zero attached hydrogens (tertiary/aromatic N) is 1. The number of amides is 8. The maximum atomic E-state index is 14.3. The smallest absolute Gasteiger partial charge is 0.305 e. The maximum absolute atomic E-state index is 14.3. The molecule has 1 aromatic carbocycles. The number of amidine groups is 1. The molecule has 0 aliphatic heterocycles. The van der Waals surface area contributed by atoms with Gasteiger partial charge < -0.3 is 70.6 Å². The number of nitrogen functional groups attached to an aromatic ring is 1. The van der Waals surface area contributed by atoms with Crippen LogP contribution in [-0.2, 0) is 49.7 Å². The van der Waals surface area contributed by atoms with Crippen LogP contribution < -0.4 is 65.5 Å². The summed E-state index contributed by atoms with van der Waals surface area (Å²) in [5.41, 5.74) is 23.6. The topological polar surface area (TPSA) is 410 Å². The van der Waals surface area contributed by atoms with Crippen LogP contribution in [0.5, 0.6) is 0 Å². The first-order chi connectivity index (χ1) is 34.1. The number of unbranched alkanes of at least 4 members (excludes halogenated alkanes) is 1. The first-order valence-corrected chi connectivity index (χ1v) is 24.9. The van der Waals surface area contributed by atoms with Crippen LogP contribution in [-0.4, -0.2) is 126 Å². The molecule has 0 saturated carbocycles. The molecule has 0 heterocycles. The number of carbonyl (C=O) groups is 9. The lowest BCUT2D eigenvalue weighted by Crippen LogP contribution is -2.61. The number of guanidine groups is 1. The highest BCUT2D eigenvalue weighted by Crippen LogP contribution is 2.14. The van der Waals surface area contributed by atoms with Gasteiger partial charge in [0.15, 0.2) is 5.96 Å². The highest BCUT2D eigenvalue weighted by Gasteiger charge is 2.36. The van der Waals surface area contributed by atoms with Crippen molar-refractivity contribution in [2.24, 2.45) is 51.6 Å². The van der Waals surface area contributed by atoms with Gasteiger partial charge in [-0.2, -0.15) is 0 Å². The Balaban J connectivity index is 3.46. The van der Waals surface area contributed by atoms with Crippen molar-refractivity contribution >= 4 is 65.0 Å². The molecule has 0 bridgehead atoms. The molecule has 0 fully saturated rings. The molecule has 0 radical (unpaired) electrons. The number of nitrogens with one attached hydrogen (secondary N) is 9. The number of hydrogen-bond acceptors (Lipinski definition) is 12. The minimum Gasteiger partial charge on any atom is -0.481 e. The molecule has 0 aromatic heterocycles. The molecule has 0 saturated heterocycles. The molecule has 24 heteroatoms. The Labute approximate surface area is 429 Å². The van der Waals surface area contributed by atoms with Crippen molar-refractivity contribution in [1.82, 2.24) is 42.5 Å². The maximum Gasteiger partial charge on any atom is 0.305 e. The number of hydrogen-bond donors (Lipinski definition) is 14. The first kappa shape index (κ1) is 64.2. The third-order valence-corrected chi connectivity index (χ3v) is 11.2. The van der Waals surface area contributed by atoms with E-state index in [4.69, 9.17) is 28.3 Å².